The van der Waals surface area contributed by atoms with E-state index in [9.17, 15) is 9.59 Å². The van der Waals surface area contributed by atoms with Crippen molar-refractivity contribution in [2.75, 3.05) is 26.3 Å². The fourth-order valence-electron chi connectivity index (χ4n) is 2.84. The molecule has 0 unspecified atom stereocenters. The lowest BCUT2D eigenvalue weighted by atomic mass is 9.89. The molecule has 1 aliphatic heterocycles. The van der Waals surface area contributed by atoms with Gasteiger partial charge in [-0.15, -0.1) is 0 Å². The van der Waals surface area contributed by atoms with Crippen LogP contribution in [-0.4, -0.2) is 60.4 Å². The SMILES string of the molecule is C[C@@H]1CCC[C@H](OCC(=O)N2CCO[C@H](C(=O)O)C2)C1. The number of hydrogen-bond donors (Lipinski definition) is 1. The van der Waals surface area contributed by atoms with Crippen molar-refractivity contribution in [1.82, 2.24) is 4.90 Å². The van der Waals surface area contributed by atoms with Crippen molar-refractivity contribution >= 4 is 11.9 Å². The maximum Gasteiger partial charge on any atom is 0.334 e. The van der Waals surface area contributed by atoms with E-state index in [1.54, 1.807) is 0 Å². The second kappa shape index (κ2) is 7.04. The topological polar surface area (TPSA) is 76.1 Å². The average Bonchev–Trinajstić information content (AvgIpc) is 2.45. The molecule has 6 nitrogen and oxygen atoms in total. The molecule has 1 N–H and O–H groups in total. The van der Waals surface area contributed by atoms with Crippen LogP contribution in [0.3, 0.4) is 0 Å². The smallest absolute Gasteiger partial charge is 0.334 e. The van der Waals surface area contributed by atoms with E-state index in [1.807, 2.05) is 0 Å². The Hall–Kier alpha value is -1.14. The van der Waals surface area contributed by atoms with Crippen LogP contribution in [0.25, 0.3) is 0 Å². The Labute approximate surface area is 119 Å². The quantitative estimate of drug-likeness (QED) is 0.830. The van der Waals surface area contributed by atoms with Gasteiger partial charge in [0.2, 0.25) is 5.91 Å². The lowest BCUT2D eigenvalue weighted by Crippen LogP contribution is -2.49. The number of carbonyl (C=O) groups is 2. The van der Waals surface area contributed by atoms with E-state index >= 15 is 0 Å². The fraction of sp³-hybridized carbons (Fsp3) is 0.857. The summed E-state index contributed by atoms with van der Waals surface area (Å²) in [6, 6.07) is 0. The van der Waals surface area contributed by atoms with Gasteiger partial charge in [0.15, 0.2) is 6.10 Å². The summed E-state index contributed by atoms with van der Waals surface area (Å²) in [5, 5.41) is 8.91. The highest BCUT2D eigenvalue weighted by Gasteiger charge is 2.29. The second-order valence-electron chi connectivity index (χ2n) is 5.74. The van der Waals surface area contributed by atoms with Crippen molar-refractivity contribution in [2.24, 2.45) is 5.92 Å². The van der Waals surface area contributed by atoms with Gasteiger partial charge in [0.05, 0.1) is 19.3 Å². The van der Waals surface area contributed by atoms with Crippen LogP contribution in [0.5, 0.6) is 0 Å². The first kappa shape index (κ1) is 15.3. The number of carboxylic acids is 1. The van der Waals surface area contributed by atoms with Gasteiger partial charge in [-0.1, -0.05) is 19.8 Å². The van der Waals surface area contributed by atoms with Crippen molar-refractivity contribution in [3.63, 3.8) is 0 Å². The first-order valence-corrected chi connectivity index (χ1v) is 7.30. The van der Waals surface area contributed by atoms with Gasteiger partial charge in [-0.2, -0.15) is 0 Å². The summed E-state index contributed by atoms with van der Waals surface area (Å²) in [5.41, 5.74) is 0. The predicted octanol–water partition coefficient (Wildman–Crippen LogP) is 0.894. The summed E-state index contributed by atoms with van der Waals surface area (Å²) in [6.45, 7) is 3.06. The largest absolute Gasteiger partial charge is 0.479 e. The van der Waals surface area contributed by atoms with Crippen LogP contribution in [0.15, 0.2) is 0 Å². The molecule has 3 atom stereocenters. The number of amides is 1. The van der Waals surface area contributed by atoms with Crippen molar-refractivity contribution in [1.29, 1.82) is 0 Å². The van der Waals surface area contributed by atoms with E-state index in [1.165, 1.54) is 11.3 Å². The zero-order valence-corrected chi connectivity index (χ0v) is 11.9. The highest BCUT2D eigenvalue weighted by atomic mass is 16.5. The summed E-state index contributed by atoms with van der Waals surface area (Å²) in [7, 11) is 0. The standard InChI is InChI=1S/C14H23NO5/c1-10-3-2-4-11(7-10)20-9-13(16)15-5-6-19-12(8-15)14(17)18/h10-12H,2-9H2,1H3,(H,17,18)/t10-,11+,12+/m1/s1. The summed E-state index contributed by atoms with van der Waals surface area (Å²) in [4.78, 5) is 24.4. The van der Waals surface area contributed by atoms with Crippen molar-refractivity contribution < 1.29 is 24.2 Å². The molecule has 0 radical (unpaired) electrons. The molecule has 1 aliphatic carbocycles. The summed E-state index contributed by atoms with van der Waals surface area (Å²) >= 11 is 0. The van der Waals surface area contributed by atoms with Crippen molar-refractivity contribution in [2.45, 2.75) is 44.8 Å². The number of hydrogen-bond acceptors (Lipinski definition) is 4. The molecule has 2 rings (SSSR count). The molecule has 6 heteroatoms. The van der Waals surface area contributed by atoms with Gasteiger partial charge in [0.1, 0.15) is 6.61 Å². The molecule has 114 valence electrons. The number of morpholine rings is 1. The van der Waals surface area contributed by atoms with Crippen molar-refractivity contribution in [3.8, 4) is 0 Å². The third-order valence-corrected chi connectivity index (χ3v) is 4.03. The molecule has 0 aromatic heterocycles. The van der Waals surface area contributed by atoms with E-state index in [4.69, 9.17) is 14.6 Å². The van der Waals surface area contributed by atoms with Crippen LogP contribution >= 0.6 is 0 Å². The minimum atomic E-state index is -1.02. The number of carbonyl (C=O) groups excluding carboxylic acids is 1. The summed E-state index contributed by atoms with van der Waals surface area (Å²) in [6.07, 6.45) is 3.66. The Morgan fingerprint density at radius 2 is 2.20 bits per heavy atom. The molecule has 1 amide bonds. The normalized spacial score (nSPS) is 31.1. The van der Waals surface area contributed by atoms with E-state index in [2.05, 4.69) is 6.92 Å². The maximum absolute atomic E-state index is 12.0. The van der Waals surface area contributed by atoms with Gasteiger partial charge in [-0.25, -0.2) is 4.79 Å². The van der Waals surface area contributed by atoms with E-state index in [-0.39, 0.29) is 31.8 Å². The molecule has 0 aromatic carbocycles. The van der Waals surface area contributed by atoms with Gasteiger partial charge in [0.25, 0.3) is 0 Å². The Morgan fingerprint density at radius 3 is 2.90 bits per heavy atom. The van der Waals surface area contributed by atoms with Crippen LogP contribution in [0.2, 0.25) is 0 Å². The van der Waals surface area contributed by atoms with E-state index in [0.29, 0.717) is 12.5 Å². The number of aliphatic carboxylic acids is 1. The van der Waals surface area contributed by atoms with Gasteiger partial charge in [-0.05, 0) is 18.8 Å². The minimum Gasteiger partial charge on any atom is -0.479 e. The molecule has 0 aromatic rings. The molecule has 20 heavy (non-hydrogen) atoms. The Kier molecular flexibility index (Phi) is 5.37. The molecule has 0 spiro atoms. The number of ether oxygens (including phenoxy) is 2. The molecule has 1 saturated heterocycles. The minimum absolute atomic E-state index is 0.0454. The van der Waals surface area contributed by atoms with E-state index < -0.39 is 12.1 Å². The zero-order chi connectivity index (χ0) is 14.5. The van der Waals surface area contributed by atoms with Gasteiger partial charge in [-0.3, -0.25) is 4.79 Å². The Balaban J connectivity index is 1.75. The molecule has 2 aliphatic rings. The predicted molar refractivity (Wildman–Crippen MR) is 71.3 cm³/mol. The van der Waals surface area contributed by atoms with Crippen LogP contribution in [0.1, 0.15) is 32.6 Å². The second-order valence-corrected chi connectivity index (χ2v) is 5.74. The number of rotatable bonds is 4. The molecule has 2 fully saturated rings. The molecule has 0 bridgehead atoms. The Morgan fingerprint density at radius 1 is 1.40 bits per heavy atom. The number of carboxylic acid groups (broad SMARTS) is 1. The van der Waals surface area contributed by atoms with Crippen LogP contribution in [0, 0.1) is 5.92 Å². The molecule has 1 heterocycles. The first-order chi connectivity index (χ1) is 9.56. The van der Waals surface area contributed by atoms with Gasteiger partial charge >= 0.3 is 5.97 Å². The Bertz CT molecular complexity index is 359. The number of nitrogens with zero attached hydrogens (tertiary/aromatic N) is 1. The first-order valence-electron chi connectivity index (χ1n) is 7.30. The summed E-state index contributed by atoms with van der Waals surface area (Å²) in [5.74, 6) is -0.508. The highest BCUT2D eigenvalue weighted by molar-refractivity contribution is 5.79. The lowest BCUT2D eigenvalue weighted by Gasteiger charge is -2.32. The van der Waals surface area contributed by atoms with Crippen molar-refractivity contribution in [3.05, 3.63) is 0 Å². The summed E-state index contributed by atoms with van der Waals surface area (Å²) < 4.78 is 10.8. The van der Waals surface area contributed by atoms with Crippen LogP contribution in [-0.2, 0) is 19.1 Å². The average molecular weight is 285 g/mol. The highest BCUT2D eigenvalue weighted by Crippen LogP contribution is 2.25. The van der Waals surface area contributed by atoms with E-state index in [0.717, 1.165) is 19.3 Å². The lowest BCUT2D eigenvalue weighted by molar-refractivity contribution is -0.161. The monoisotopic (exact) mass is 285 g/mol. The third-order valence-electron chi connectivity index (χ3n) is 4.03. The fourth-order valence-corrected chi connectivity index (χ4v) is 2.84. The molecule has 1 saturated carbocycles. The van der Waals surface area contributed by atoms with Gasteiger partial charge in [0, 0.05) is 6.54 Å². The van der Waals surface area contributed by atoms with Gasteiger partial charge < -0.3 is 19.5 Å². The molecular formula is C14H23NO5. The zero-order valence-electron chi connectivity index (χ0n) is 11.9. The molecular weight excluding hydrogens is 262 g/mol. The third kappa shape index (κ3) is 4.18. The van der Waals surface area contributed by atoms with Crippen LogP contribution < -0.4 is 0 Å². The van der Waals surface area contributed by atoms with Crippen LogP contribution in [0.4, 0.5) is 0 Å². The maximum atomic E-state index is 12.0.